The zero-order valence-corrected chi connectivity index (χ0v) is 28.5. The van der Waals surface area contributed by atoms with Crippen molar-refractivity contribution >= 4 is 43.4 Å². The van der Waals surface area contributed by atoms with Gasteiger partial charge in [0.1, 0.15) is 0 Å². The van der Waals surface area contributed by atoms with Gasteiger partial charge in [-0.3, -0.25) is 13.7 Å². The van der Waals surface area contributed by atoms with Gasteiger partial charge in [-0.1, -0.05) is 182 Å². The summed E-state index contributed by atoms with van der Waals surface area (Å²) < 4.78 is 25.0. The fourth-order valence-corrected chi connectivity index (χ4v) is 3.78. The molecule has 0 amide bonds. The largest absolute Gasteiger partial charge is 3.00 e. The standard InChI is InChI=1S/3C12H10.Al.3HO2P/c3*1-3-7-11(8-4-1)12-9-5-2-6-10-12;;3*1-3-2/h3*1-10H;;3*(H,1,2)/q;;;+3;;;/p-3. The average Bonchev–Trinajstić information content (AvgIpc) is 3.12. The number of rotatable bonds is 3. The van der Waals surface area contributed by atoms with Crippen LogP contribution in [-0.2, 0) is 13.7 Å². The molecule has 6 aromatic carbocycles. The summed E-state index contributed by atoms with van der Waals surface area (Å²) >= 11 is 0. The Morgan fingerprint density at radius 3 is 0.435 bits per heavy atom. The Hall–Kier alpha value is -3.97. The van der Waals surface area contributed by atoms with E-state index in [1.807, 2.05) is 36.4 Å². The van der Waals surface area contributed by atoms with Gasteiger partial charge in [0.25, 0.3) is 0 Å². The first kappa shape index (κ1) is 42.0. The van der Waals surface area contributed by atoms with Gasteiger partial charge in [0.15, 0.2) is 0 Å². The van der Waals surface area contributed by atoms with E-state index in [0.717, 1.165) is 0 Å². The molecule has 0 atom stereocenters. The van der Waals surface area contributed by atoms with E-state index in [1.165, 1.54) is 33.4 Å². The predicted octanol–water partition coefficient (Wildman–Crippen LogP) is 8.34. The third kappa shape index (κ3) is 19.4. The molecule has 6 nitrogen and oxygen atoms in total. The van der Waals surface area contributed by atoms with Gasteiger partial charge in [-0.25, -0.2) is 0 Å². The molecule has 0 radical (unpaired) electrons. The third-order valence-corrected chi connectivity index (χ3v) is 5.64. The topological polar surface area (TPSA) is 120 Å². The molecule has 0 saturated heterocycles. The van der Waals surface area contributed by atoms with E-state index in [-0.39, 0.29) is 17.4 Å². The SMILES string of the molecule is O=P[O-].O=P[O-].O=P[O-].[Al+3].c1ccc(-c2ccccc2)cc1.c1ccc(-c2ccccc2)cc1.c1ccc(-c2ccccc2)cc1. The van der Waals surface area contributed by atoms with Crippen molar-refractivity contribution in [3.05, 3.63) is 182 Å². The van der Waals surface area contributed by atoms with E-state index >= 15 is 0 Å². The molecule has 0 N–H and O–H groups in total. The van der Waals surface area contributed by atoms with Crippen molar-refractivity contribution in [1.82, 2.24) is 0 Å². The van der Waals surface area contributed by atoms with Crippen LogP contribution in [0.4, 0.5) is 0 Å². The molecule has 0 unspecified atom stereocenters. The Morgan fingerprint density at radius 2 is 0.348 bits per heavy atom. The van der Waals surface area contributed by atoms with Crippen LogP contribution in [0.1, 0.15) is 0 Å². The predicted molar refractivity (Wildman–Crippen MR) is 184 cm³/mol. The van der Waals surface area contributed by atoms with Gasteiger partial charge in [-0.15, -0.1) is 0 Å². The maximum absolute atomic E-state index is 8.35. The fraction of sp³-hybridized carbons (Fsp3) is 0. The molecular formula is C36H30AlO6P3. The van der Waals surface area contributed by atoms with E-state index in [0.29, 0.717) is 0 Å². The fourth-order valence-electron chi connectivity index (χ4n) is 3.78. The zero-order chi connectivity index (χ0) is 32.8. The molecule has 0 aromatic heterocycles. The van der Waals surface area contributed by atoms with Gasteiger partial charge in [-0.2, -0.15) is 0 Å². The Kier molecular flexibility index (Phi) is 27.2. The molecule has 0 saturated carbocycles. The van der Waals surface area contributed by atoms with Crippen LogP contribution in [0.25, 0.3) is 33.4 Å². The van der Waals surface area contributed by atoms with Gasteiger partial charge in [0.05, 0.1) is 26.1 Å². The van der Waals surface area contributed by atoms with Crippen molar-refractivity contribution in [2.24, 2.45) is 0 Å². The smallest absolute Gasteiger partial charge is 0.772 e. The Labute approximate surface area is 286 Å². The summed E-state index contributed by atoms with van der Waals surface area (Å²) in [4.78, 5) is 25.0. The van der Waals surface area contributed by atoms with Crippen molar-refractivity contribution in [3.63, 3.8) is 0 Å². The van der Waals surface area contributed by atoms with Gasteiger partial charge >= 0.3 is 17.4 Å². The van der Waals surface area contributed by atoms with E-state index in [1.54, 1.807) is 0 Å². The number of hydrogen-bond acceptors (Lipinski definition) is 6. The van der Waals surface area contributed by atoms with E-state index < -0.39 is 26.1 Å². The summed E-state index contributed by atoms with van der Waals surface area (Å²) in [5.74, 6) is 0. The van der Waals surface area contributed by atoms with Gasteiger partial charge in [-0.05, 0) is 33.4 Å². The molecule has 46 heavy (non-hydrogen) atoms. The molecular weight excluding hydrogens is 648 g/mol. The second-order valence-corrected chi connectivity index (χ2v) is 8.87. The molecule has 0 spiro atoms. The van der Waals surface area contributed by atoms with Crippen molar-refractivity contribution < 1.29 is 28.4 Å². The normalized spacial score (nSPS) is 8.93. The van der Waals surface area contributed by atoms with Crippen LogP contribution in [0, 0.1) is 0 Å². The first-order chi connectivity index (χ1) is 22.1. The molecule has 0 aliphatic rings. The van der Waals surface area contributed by atoms with Crippen LogP contribution >= 0.6 is 26.1 Å². The summed E-state index contributed by atoms with van der Waals surface area (Å²) in [5, 5.41) is 0. The van der Waals surface area contributed by atoms with Crippen molar-refractivity contribution in [2.45, 2.75) is 0 Å². The zero-order valence-electron chi connectivity index (χ0n) is 24.7. The molecule has 6 aromatic rings. The first-order valence-corrected chi connectivity index (χ1v) is 15.5. The first-order valence-electron chi connectivity index (χ1n) is 13.3. The Bertz CT molecular complexity index is 1250. The maximum Gasteiger partial charge on any atom is 3.00 e. The van der Waals surface area contributed by atoms with Gasteiger partial charge in [0.2, 0.25) is 0 Å². The van der Waals surface area contributed by atoms with Crippen LogP contribution in [0.3, 0.4) is 0 Å². The monoisotopic (exact) mass is 678 g/mol. The maximum atomic E-state index is 8.35. The third-order valence-electron chi connectivity index (χ3n) is 5.64. The van der Waals surface area contributed by atoms with Gasteiger partial charge < -0.3 is 14.7 Å². The minimum Gasteiger partial charge on any atom is -0.772 e. The average molecular weight is 679 g/mol. The molecule has 6 rings (SSSR count). The number of benzene rings is 6. The minimum atomic E-state index is -1.08. The summed E-state index contributed by atoms with van der Waals surface area (Å²) in [6.45, 7) is 0. The summed E-state index contributed by atoms with van der Waals surface area (Å²) in [6, 6.07) is 62.3. The van der Waals surface area contributed by atoms with Crippen molar-refractivity contribution in [2.75, 3.05) is 0 Å². The summed E-state index contributed by atoms with van der Waals surface area (Å²) in [7, 11) is -3.25. The van der Waals surface area contributed by atoms with Crippen LogP contribution in [0.5, 0.6) is 0 Å². The summed E-state index contributed by atoms with van der Waals surface area (Å²) in [6.07, 6.45) is 0. The second kappa shape index (κ2) is 29.7. The number of hydrogen-bond donors (Lipinski definition) is 0. The van der Waals surface area contributed by atoms with Crippen LogP contribution in [0.2, 0.25) is 0 Å². The molecule has 0 aliphatic heterocycles. The van der Waals surface area contributed by atoms with Crippen LogP contribution < -0.4 is 14.7 Å². The van der Waals surface area contributed by atoms with Gasteiger partial charge in [0, 0.05) is 0 Å². The van der Waals surface area contributed by atoms with Crippen molar-refractivity contribution in [1.29, 1.82) is 0 Å². The van der Waals surface area contributed by atoms with Crippen LogP contribution in [-0.4, -0.2) is 17.4 Å². The summed E-state index contributed by atoms with van der Waals surface area (Å²) in [5.41, 5.74) is 7.66. The Balaban J connectivity index is 0.000000579. The molecule has 0 heterocycles. The van der Waals surface area contributed by atoms with Crippen LogP contribution in [0.15, 0.2) is 182 Å². The van der Waals surface area contributed by atoms with E-state index in [9.17, 15) is 0 Å². The molecule has 0 aliphatic carbocycles. The van der Waals surface area contributed by atoms with E-state index in [2.05, 4.69) is 146 Å². The quantitative estimate of drug-likeness (QED) is 0.137. The van der Waals surface area contributed by atoms with Crippen molar-refractivity contribution in [3.8, 4) is 33.4 Å². The molecule has 0 bridgehead atoms. The molecule has 0 fully saturated rings. The molecule has 228 valence electrons. The Morgan fingerprint density at radius 1 is 0.261 bits per heavy atom. The van der Waals surface area contributed by atoms with E-state index in [4.69, 9.17) is 28.4 Å². The second-order valence-electron chi connectivity index (χ2n) is 8.42. The minimum absolute atomic E-state index is 0. The molecule has 10 heteroatoms.